The van der Waals surface area contributed by atoms with Gasteiger partial charge < -0.3 is 20.4 Å². The molecular weight excluding hydrogens is 462 g/mol. The van der Waals surface area contributed by atoms with Gasteiger partial charge in [0.1, 0.15) is 11.5 Å². The number of rotatable bonds is 6. The Morgan fingerprint density at radius 3 is 2.28 bits per heavy atom. The molecule has 36 heavy (non-hydrogen) atoms. The highest BCUT2D eigenvalue weighted by Crippen LogP contribution is 2.22. The van der Waals surface area contributed by atoms with Crippen molar-refractivity contribution in [3.63, 3.8) is 0 Å². The van der Waals surface area contributed by atoms with Crippen LogP contribution < -0.4 is 21.4 Å². The lowest BCUT2D eigenvalue weighted by molar-refractivity contribution is -0.136. The molecule has 0 radical (unpaired) electrons. The first kappa shape index (κ1) is 23.9. The summed E-state index contributed by atoms with van der Waals surface area (Å²) in [6.45, 7) is -0.0331. The number of nitrogens with one attached hydrogen (secondary N) is 4. The molecule has 0 atom stereocenters. The molecule has 0 aliphatic rings. The zero-order chi connectivity index (χ0) is 25.3. The number of amides is 4. The Kier molecular flexibility index (Phi) is 7.47. The van der Waals surface area contributed by atoms with E-state index in [1.807, 2.05) is 30.3 Å². The number of anilines is 2. The van der Waals surface area contributed by atoms with E-state index in [1.54, 1.807) is 54.6 Å². The van der Waals surface area contributed by atoms with E-state index in [2.05, 4.69) is 26.5 Å². The highest BCUT2D eigenvalue weighted by atomic mass is 16.3. The van der Waals surface area contributed by atoms with Crippen molar-refractivity contribution in [1.29, 1.82) is 0 Å². The summed E-state index contributed by atoms with van der Waals surface area (Å²) in [6.07, 6.45) is 1.20. The molecule has 0 bridgehead atoms. The van der Waals surface area contributed by atoms with Gasteiger partial charge in [0.15, 0.2) is 0 Å². The monoisotopic (exact) mass is 483 g/mol. The van der Waals surface area contributed by atoms with Gasteiger partial charge in [0.05, 0.1) is 12.8 Å². The number of nitrogens with zero attached hydrogens (tertiary/aromatic N) is 1. The summed E-state index contributed by atoms with van der Waals surface area (Å²) >= 11 is 0. The van der Waals surface area contributed by atoms with Crippen molar-refractivity contribution >= 4 is 52.0 Å². The van der Waals surface area contributed by atoms with Crippen LogP contribution in [0.15, 0.2) is 94.4 Å². The van der Waals surface area contributed by atoms with E-state index in [0.29, 0.717) is 17.1 Å². The summed E-state index contributed by atoms with van der Waals surface area (Å²) in [4.78, 5) is 48.2. The van der Waals surface area contributed by atoms with E-state index in [9.17, 15) is 19.2 Å². The van der Waals surface area contributed by atoms with Crippen molar-refractivity contribution < 1.29 is 23.6 Å². The van der Waals surface area contributed by atoms with Crippen molar-refractivity contribution in [2.45, 2.75) is 6.54 Å². The SMILES string of the molecule is O=C(NCc1ccc(/C=N/NC(=O)C(=O)Nc2cccc3ccccc23)o1)C(=O)Nc1ccccc1. The molecule has 4 amide bonds. The van der Waals surface area contributed by atoms with Gasteiger partial charge in [0.25, 0.3) is 0 Å². The van der Waals surface area contributed by atoms with Crippen molar-refractivity contribution in [3.8, 4) is 0 Å². The molecule has 1 heterocycles. The second-order valence-electron chi connectivity index (χ2n) is 7.49. The number of carbonyl (C=O) groups excluding carboxylic acids is 4. The fourth-order valence-corrected chi connectivity index (χ4v) is 3.23. The zero-order valence-electron chi connectivity index (χ0n) is 18.9. The number of hydrazone groups is 1. The molecule has 0 saturated carbocycles. The number of benzene rings is 3. The minimum atomic E-state index is -0.956. The summed E-state index contributed by atoms with van der Waals surface area (Å²) in [5.74, 6) is -2.84. The Labute approximate surface area is 205 Å². The number of para-hydroxylation sites is 1. The molecule has 0 saturated heterocycles. The quantitative estimate of drug-likeness (QED) is 0.190. The van der Waals surface area contributed by atoms with E-state index in [4.69, 9.17) is 4.42 Å². The zero-order valence-corrected chi connectivity index (χ0v) is 18.9. The van der Waals surface area contributed by atoms with Gasteiger partial charge >= 0.3 is 23.6 Å². The normalized spacial score (nSPS) is 10.7. The Morgan fingerprint density at radius 2 is 1.44 bits per heavy atom. The van der Waals surface area contributed by atoms with Gasteiger partial charge in [-0.3, -0.25) is 19.2 Å². The topological polar surface area (TPSA) is 142 Å². The summed E-state index contributed by atoms with van der Waals surface area (Å²) < 4.78 is 5.47. The Bertz CT molecular complexity index is 1440. The second kappa shape index (κ2) is 11.3. The van der Waals surface area contributed by atoms with Gasteiger partial charge in [0.2, 0.25) is 0 Å². The highest BCUT2D eigenvalue weighted by molar-refractivity contribution is 6.40. The first-order valence-electron chi connectivity index (χ1n) is 10.8. The van der Waals surface area contributed by atoms with Gasteiger partial charge in [-0.25, -0.2) is 5.43 Å². The molecule has 4 N–H and O–H groups in total. The lowest BCUT2D eigenvalue weighted by Gasteiger charge is -2.07. The van der Waals surface area contributed by atoms with Gasteiger partial charge in [-0.2, -0.15) is 5.10 Å². The maximum absolute atomic E-state index is 12.2. The molecule has 4 aromatic rings. The molecule has 3 aromatic carbocycles. The lowest BCUT2D eigenvalue weighted by atomic mass is 10.1. The molecule has 0 fully saturated rings. The Balaban J connectivity index is 1.24. The molecule has 0 spiro atoms. The smallest absolute Gasteiger partial charge is 0.329 e. The van der Waals surface area contributed by atoms with Crippen LogP contribution >= 0.6 is 0 Å². The van der Waals surface area contributed by atoms with E-state index in [1.165, 1.54) is 6.21 Å². The molecule has 10 heteroatoms. The van der Waals surface area contributed by atoms with Crippen LogP contribution in [0.3, 0.4) is 0 Å². The molecule has 0 unspecified atom stereocenters. The fourth-order valence-electron chi connectivity index (χ4n) is 3.23. The van der Waals surface area contributed by atoms with Crippen molar-refractivity contribution in [1.82, 2.24) is 10.7 Å². The van der Waals surface area contributed by atoms with Gasteiger partial charge in [0, 0.05) is 16.8 Å². The molecule has 4 rings (SSSR count). The first-order chi connectivity index (χ1) is 17.5. The summed E-state index contributed by atoms with van der Waals surface area (Å²) in [5, 5.41) is 12.9. The minimum Gasteiger partial charge on any atom is -0.458 e. The third-order valence-corrected chi connectivity index (χ3v) is 4.95. The van der Waals surface area contributed by atoms with Gasteiger partial charge in [-0.15, -0.1) is 0 Å². The van der Waals surface area contributed by atoms with E-state index in [-0.39, 0.29) is 12.3 Å². The standard InChI is InChI=1S/C26H21N5O5/c32-23(24(33)29-18-9-2-1-3-10-18)27-15-19-13-14-20(36-19)16-28-31-26(35)25(34)30-22-12-6-8-17-7-4-5-11-21(17)22/h1-14,16H,15H2,(H,27,32)(H,29,33)(H,30,34)(H,31,35)/b28-16+. The number of hydrogen-bond acceptors (Lipinski definition) is 6. The summed E-state index contributed by atoms with van der Waals surface area (Å²) in [5.41, 5.74) is 3.14. The van der Waals surface area contributed by atoms with E-state index < -0.39 is 23.6 Å². The maximum Gasteiger partial charge on any atom is 0.329 e. The first-order valence-corrected chi connectivity index (χ1v) is 10.8. The maximum atomic E-state index is 12.2. The van der Waals surface area contributed by atoms with Crippen LogP contribution in [0.1, 0.15) is 11.5 Å². The van der Waals surface area contributed by atoms with Crippen LogP contribution in [0.4, 0.5) is 11.4 Å². The van der Waals surface area contributed by atoms with E-state index in [0.717, 1.165) is 10.8 Å². The molecule has 180 valence electrons. The van der Waals surface area contributed by atoms with Crippen molar-refractivity contribution in [2.24, 2.45) is 5.10 Å². The predicted molar refractivity (Wildman–Crippen MR) is 134 cm³/mol. The number of hydrogen-bond donors (Lipinski definition) is 4. The molecule has 0 aliphatic carbocycles. The molecule has 1 aromatic heterocycles. The Morgan fingerprint density at radius 1 is 0.722 bits per heavy atom. The van der Waals surface area contributed by atoms with Gasteiger partial charge in [-0.1, -0.05) is 54.6 Å². The lowest BCUT2D eigenvalue weighted by Crippen LogP contribution is -2.34. The Hall–Kier alpha value is -5.25. The number of fused-ring (bicyclic) bond motifs is 1. The second-order valence-corrected chi connectivity index (χ2v) is 7.49. The third-order valence-electron chi connectivity index (χ3n) is 4.95. The fraction of sp³-hybridized carbons (Fsp3) is 0.0385. The van der Waals surface area contributed by atoms with Gasteiger partial charge in [-0.05, 0) is 35.7 Å². The molecule has 10 nitrogen and oxygen atoms in total. The van der Waals surface area contributed by atoms with Crippen LogP contribution in [-0.2, 0) is 25.7 Å². The van der Waals surface area contributed by atoms with Crippen LogP contribution in [0.2, 0.25) is 0 Å². The van der Waals surface area contributed by atoms with Crippen LogP contribution in [0.25, 0.3) is 10.8 Å². The van der Waals surface area contributed by atoms with Crippen LogP contribution in [0, 0.1) is 0 Å². The third kappa shape index (κ3) is 6.20. The predicted octanol–water partition coefficient (Wildman–Crippen LogP) is 2.78. The van der Waals surface area contributed by atoms with E-state index >= 15 is 0 Å². The summed E-state index contributed by atoms with van der Waals surface area (Å²) in [7, 11) is 0. The highest BCUT2D eigenvalue weighted by Gasteiger charge is 2.15. The minimum absolute atomic E-state index is 0.0331. The van der Waals surface area contributed by atoms with Crippen LogP contribution in [-0.4, -0.2) is 29.8 Å². The van der Waals surface area contributed by atoms with Crippen molar-refractivity contribution in [3.05, 3.63) is 96.4 Å². The average molecular weight is 483 g/mol. The van der Waals surface area contributed by atoms with Crippen molar-refractivity contribution in [2.75, 3.05) is 10.6 Å². The molecule has 0 aliphatic heterocycles. The molecular formula is C26H21N5O5. The average Bonchev–Trinajstić information content (AvgIpc) is 3.35. The van der Waals surface area contributed by atoms with Crippen LogP contribution in [0.5, 0.6) is 0 Å². The number of furan rings is 1. The number of carbonyl (C=O) groups is 4. The summed E-state index contributed by atoms with van der Waals surface area (Å²) in [6, 6.07) is 24.6. The largest absolute Gasteiger partial charge is 0.458 e.